The van der Waals surface area contributed by atoms with E-state index in [0.717, 1.165) is 0 Å². The predicted octanol–water partition coefficient (Wildman–Crippen LogP) is 0.126. The van der Waals surface area contributed by atoms with Crippen molar-refractivity contribution in [2.24, 2.45) is 0 Å². The summed E-state index contributed by atoms with van der Waals surface area (Å²) in [4.78, 5) is 3.90. The molecule has 0 saturated carbocycles. The first-order chi connectivity index (χ1) is 8.07. The number of aromatic nitrogens is 1. The molecule has 1 rings (SSSR count). The molecule has 0 radical (unpaired) electrons. The molecule has 0 aromatic carbocycles. The lowest BCUT2D eigenvalue weighted by atomic mass is 10.4. The number of hydrogen-bond acceptors (Lipinski definition) is 5. The van der Waals surface area contributed by atoms with E-state index in [2.05, 4.69) is 10.3 Å². The van der Waals surface area contributed by atoms with Crippen LogP contribution in [0, 0.1) is 0 Å². The molecule has 0 unspecified atom stereocenters. The highest BCUT2D eigenvalue weighted by Crippen LogP contribution is 2.21. The van der Waals surface area contributed by atoms with E-state index in [1.54, 1.807) is 26.1 Å². The van der Waals surface area contributed by atoms with Crippen molar-refractivity contribution in [1.29, 1.82) is 0 Å². The molecule has 1 aromatic heterocycles. The highest BCUT2D eigenvalue weighted by Gasteiger charge is 2.26. The van der Waals surface area contributed by atoms with E-state index in [9.17, 15) is 8.42 Å². The van der Waals surface area contributed by atoms with Crippen molar-refractivity contribution in [2.45, 2.75) is 11.9 Å². The topological polar surface area (TPSA) is 82.5 Å². The summed E-state index contributed by atoms with van der Waals surface area (Å²) in [7, 11) is -2.02. The summed E-state index contributed by atoms with van der Waals surface area (Å²) >= 11 is 0. The summed E-state index contributed by atoms with van der Waals surface area (Å²) in [6.45, 7) is 1.87. The molecule has 0 amide bonds. The SMILES string of the molecule is CCN(CCO)S(=O)(=O)c1ncccc1NC. The van der Waals surface area contributed by atoms with E-state index < -0.39 is 10.0 Å². The first-order valence-corrected chi connectivity index (χ1v) is 6.75. The van der Waals surface area contributed by atoms with E-state index in [1.165, 1.54) is 10.5 Å². The van der Waals surface area contributed by atoms with Gasteiger partial charge in [-0.05, 0) is 12.1 Å². The second-order valence-electron chi connectivity index (χ2n) is 3.33. The van der Waals surface area contributed by atoms with E-state index in [4.69, 9.17) is 5.11 Å². The highest BCUT2D eigenvalue weighted by molar-refractivity contribution is 7.89. The minimum absolute atomic E-state index is 0.0159. The number of nitrogens with one attached hydrogen (secondary N) is 1. The predicted molar refractivity (Wildman–Crippen MR) is 65.3 cm³/mol. The van der Waals surface area contributed by atoms with Crippen LogP contribution < -0.4 is 5.32 Å². The fraction of sp³-hybridized carbons (Fsp3) is 0.500. The number of sulfonamides is 1. The lowest BCUT2D eigenvalue weighted by molar-refractivity contribution is 0.257. The molecule has 96 valence electrons. The van der Waals surface area contributed by atoms with E-state index in [0.29, 0.717) is 12.2 Å². The van der Waals surface area contributed by atoms with Gasteiger partial charge in [-0.1, -0.05) is 6.92 Å². The zero-order chi connectivity index (χ0) is 12.9. The first-order valence-electron chi connectivity index (χ1n) is 5.31. The lowest BCUT2D eigenvalue weighted by Crippen LogP contribution is -2.34. The number of hydrogen-bond donors (Lipinski definition) is 2. The largest absolute Gasteiger partial charge is 0.395 e. The smallest absolute Gasteiger partial charge is 0.262 e. The molecule has 0 spiro atoms. The van der Waals surface area contributed by atoms with Crippen molar-refractivity contribution in [3.63, 3.8) is 0 Å². The van der Waals surface area contributed by atoms with Crippen LogP contribution in [0.4, 0.5) is 5.69 Å². The normalized spacial score (nSPS) is 11.8. The Balaban J connectivity index is 3.20. The van der Waals surface area contributed by atoms with Gasteiger partial charge in [-0.15, -0.1) is 0 Å². The Bertz CT molecular complexity index is 462. The average molecular weight is 259 g/mol. The number of nitrogens with zero attached hydrogens (tertiary/aromatic N) is 2. The van der Waals surface area contributed by atoms with Gasteiger partial charge in [-0.3, -0.25) is 0 Å². The Morgan fingerprint density at radius 1 is 1.53 bits per heavy atom. The first kappa shape index (κ1) is 13.9. The van der Waals surface area contributed by atoms with Gasteiger partial charge in [-0.2, -0.15) is 4.31 Å². The van der Waals surface area contributed by atoms with Gasteiger partial charge >= 0.3 is 0 Å². The van der Waals surface area contributed by atoms with Gasteiger partial charge in [0.15, 0.2) is 5.03 Å². The van der Waals surface area contributed by atoms with Crippen molar-refractivity contribution >= 4 is 15.7 Å². The third kappa shape index (κ3) is 2.93. The lowest BCUT2D eigenvalue weighted by Gasteiger charge is -2.20. The molecule has 1 aromatic rings. The summed E-state index contributed by atoms with van der Waals surface area (Å²) < 4.78 is 25.7. The van der Waals surface area contributed by atoms with Crippen LogP contribution in [0.25, 0.3) is 0 Å². The van der Waals surface area contributed by atoms with Gasteiger partial charge in [0, 0.05) is 26.3 Å². The zero-order valence-corrected chi connectivity index (χ0v) is 10.7. The zero-order valence-electron chi connectivity index (χ0n) is 9.92. The molecule has 17 heavy (non-hydrogen) atoms. The number of pyridine rings is 1. The Morgan fingerprint density at radius 2 is 2.24 bits per heavy atom. The van der Waals surface area contributed by atoms with Crippen molar-refractivity contribution in [3.8, 4) is 0 Å². The quantitative estimate of drug-likeness (QED) is 0.758. The third-order valence-electron chi connectivity index (χ3n) is 2.33. The van der Waals surface area contributed by atoms with Crippen molar-refractivity contribution in [2.75, 3.05) is 32.1 Å². The van der Waals surface area contributed by atoms with Gasteiger partial charge < -0.3 is 10.4 Å². The summed E-state index contributed by atoms with van der Waals surface area (Å²) in [6.07, 6.45) is 1.43. The van der Waals surface area contributed by atoms with Crippen LogP contribution in [0.1, 0.15) is 6.92 Å². The minimum Gasteiger partial charge on any atom is -0.395 e. The molecule has 1 heterocycles. The maximum absolute atomic E-state index is 12.2. The number of anilines is 1. The maximum atomic E-state index is 12.2. The van der Waals surface area contributed by atoms with Crippen molar-refractivity contribution in [1.82, 2.24) is 9.29 Å². The van der Waals surface area contributed by atoms with Gasteiger partial charge in [0.2, 0.25) is 0 Å². The van der Waals surface area contributed by atoms with E-state index >= 15 is 0 Å². The molecule has 0 aliphatic carbocycles. The Labute approximate surface area is 101 Å². The number of rotatable bonds is 6. The Kier molecular flexibility index (Phi) is 4.86. The summed E-state index contributed by atoms with van der Waals surface area (Å²) in [5, 5.41) is 11.6. The van der Waals surface area contributed by atoms with Gasteiger partial charge in [0.1, 0.15) is 0 Å². The maximum Gasteiger partial charge on any atom is 0.262 e. The summed E-state index contributed by atoms with van der Waals surface area (Å²) in [6, 6.07) is 3.31. The monoisotopic (exact) mass is 259 g/mol. The van der Waals surface area contributed by atoms with Crippen molar-refractivity contribution in [3.05, 3.63) is 18.3 Å². The van der Waals surface area contributed by atoms with Crippen LogP contribution >= 0.6 is 0 Å². The highest BCUT2D eigenvalue weighted by atomic mass is 32.2. The molecule has 2 N–H and O–H groups in total. The minimum atomic E-state index is -3.66. The van der Waals surface area contributed by atoms with Gasteiger partial charge in [0.05, 0.1) is 12.3 Å². The fourth-order valence-electron chi connectivity index (χ4n) is 1.47. The molecule has 0 fully saturated rings. The van der Waals surface area contributed by atoms with Crippen LogP contribution in [0.5, 0.6) is 0 Å². The Morgan fingerprint density at radius 3 is 2.76 bits per heavy atom. The number of aliphatic hydroxyl groups is 1. The molecule has 0 aliphatic heterocycles. The van der Waals surface area contributed by atoms with Crippen LogP contribution in [-0.2, 0) is 10.0 Å². The number of likely N-dealkylation sites (N-methyl/N-ethyl adjacent to an activating group) is 1. The summed E-state index contributed by atoms with van der Waals surface area (Å²) in [5.41, 5.74) is 0.448. The third-order valence-corrected chi connectivity index (χ3v) is 4.26. The molecule has 0 bridgehead atoms. The second-order valence-corrected chi connectivity index (χ2v) is 5.18. The van der Waals surface area contributed by atoms with Crippen LogP contribution in [0.2, 0.25) is 0 Å². The van der Waals surface area contributed by atoms with Crippen LogP contribution in [0.3, 0.4) is 0 Å². The number of aliphatic hydroxyl groups excluding tert-OH is 1. The average Bonchev–Trinajstić information content (AvgIpc) is 2.35. The molecule has 6 nitrogen and oxygen atoms in total. The van der Waals surface area contributed by atoms with E-state index in [1.807, 2.05) is 0 Å². The molecule has 0 aliphatic rings. The molecule has 7 heteroatoms. The Hall–Kier alpha value is -1.18. The molecule has 0 atom stereocenters. The van der Waals surface area contributed by atoms with Gasteiger partial charge in [0.25, 0.3) is 10.0 Å². The standard InChI is InChI=1S/C10H17N3O3S/c1-3-13(7-8-14)17(15,16)10-9(11-2)5-4-6-12-10/h4-6,11,14H,3,7-8H2,1-2H3. The summed E-state index contributed by atoms with van der Waals surface area (Å²) in [5.74, 6) is 0. The van der Waals surface area contributed by atoms with E-state index in [-0.39, 0.29) is 18.2 Å². The molecular formula is C10H17N3O3S. The van der Waals surface area contributed by atoms with Gasteiger partial charge in [-0.25, -0.2) is 13.4 Å². The fourth-order valence-corrected chi connectivity index (χ4v) is 3.02. The molecular weight excluding hydrogens is 242 g/mol. The van der Waals surface area contributed by atoms with Crippen molar-refractivity contribution < 1.29 is 13.5 Å². The molecule has 0 saturated heterocycles. The van der Waals surface area contributed by atoms with Crippen LogP contribution in [-0.4, -0.2) is 49.6 Å². The second kappa shape index (κ2) is 5.95. The van der Waals surface area contributed by atoms with Crippen LogP contribution in [0.15, 0.2) is 23.4 Å².